The highest BCUT2D eigenvalue weighted by molar-refractivity contribution is 6.33. The molecule has 1 rings (SSSR count). The van der Waals surface area contributed by atoms with Crippen LogP contribution in [0.5, 0.6) is 0 Å². The van der Waals surface area contributed by atoms with Gasteiger partial charge in [0, 0.05) is 11.6 Å². The molecule has 18 heavy (non-hydrogen) atoms. The zero-order valence-corrected chi connectivity index (χ0v) is 11.9. The van der Waals surface area contributed by atoms with Gasteiger partial charge in [-0.15, -0.1) is 0 Å². The normalized spacial score (nSPS) is 14.0. The number of halogens is 1. The number of rotatable bonds is 5. The number of nitrogen functional groups attached to an aromatic ring is 1. The van der Waals surface area contributed by atoms with E-state index in [0.717, 1.165) is 12.8 Å². The Balaban J connectivity index is 2.62. The van der Waals surface area contributed by atoms with Crippen molar-refractivity contribution in [3.05, 3.63) is 28.8 Å². The number of hydrogen-bond donors (Lipinski definition) is 2. The first kappa shape index (κ1) is 14.8. The van der Waals surface area contributed by atoms with Crippen LogP contribution in [-0.2, 0) is 0 Å². The zero-order chi connectivity index (χ0) is 13.7. The van der Waals surface area contributed by atoms with E-state index in [4.69, 9.17) is 17.3 Å². The van der Waals surface area contributed by atoms with Crippen LogP contribution >= 0.6 is 11.6 Å². The maximum Gasteiger partial charge on any atom is 0.251 e. The number of benzene rings is 1. The number of amides is 1. The molecule has 0 spiro atoms. The van der Waals surface area contributed by atoms with Crippen molar-refractivity contribution in [3.8, 4) is 0 Å². The topological polar surface area (TPSA) is 55.1 Å². The van der Waals surface area contributed by atoms with Gasteiger partial charge in [0.25, 0.3) is 5.91 Å². The van der Waals surface area contributed by atoms with Crippen molar-refractivity contribution in [1.29, 1.82) is 0 Å². The average Bonchev–Trinajstić information content (AvgIpc) is 2.32. The molecule has 2 atom stereocenters. The molecular formula is C14H21ClN2O. The van der Waals surface area contributed by atoms with Crippen molar-refractivity contribution in [2.24, 2.45) is 5.92 Å². The molecule has 0 fully saturated rings. The molecular weight excluding hydrogens is 248 g/mol. The molecule has 1 aromatic carbocycles. The lowest BCUT2D eigenvalue weighted by molar-refractivity contribution is 0.0935. The van der Waals surface area contributed by atoms with E-state index in [9.17, 15) is 4.79 Å². The number of carbonyl (C=O) groups excluding carboxylic acids is 1. The highest BCUT2D eigenvalue weighted by atomic mass is 35.5. The number of nitrogens with two attached hydrogens (primary N) is 1. The van der Waals surface area contributed by atoms with Gasteiger partial charge in [0.05, 0.1) is 10.7 Å². The van der Waals surface area contributed by atoms with Gasteiger partial charge in [0.1, 0.15) is 0 Å². The maximum absolute atomic E-state index is 12.0. The van der Waals surface area contributed by atoms with Crippen LogP contribution in [0.1, 0.15) is 44.0 Å². The fraction of sp³-hybridized carbons (Fsp3) is 0.500. The quantitative estimate of drug-likeness (QED) is 0.804. The molecule has 3 nitrogen and oxygen atoms in total. The summed E-state index contributed by atoms with van der Waals surface area (Å²) in [6.45, 7) is 6.35. The number of anilines is 1. The molecule has 100 valence electrons. The lowest BCUT2D eigenvalue weighted by Crippen LogP contribution is -2.33. The molecule has 0 heterocycles. The Kier molecular flexibility index (Phi) is 5.48. The van der Waals surface area contributed by atoms with E-state index in [2.05, 4.69) is 19.2 Å². The van der Waals surface area contributed by atoms with Gasteiger partial charge in [-0.25, -0.2) is 0 Å². The van der Waals surface area contributed by atoms with Crippen molar-refractivity contribution >= 4 is 23.2 Å². The molecule has 1 aromatic rings. The zero-order valence-electron chi connectivity index (χ0n) is 11.2. The highest BCUT2D eigenvalue weighted by Gasteiger charge is 2.12. The Labute approximate surface area is 114 Å². The van der Waals surface area contributed by atoms with Crippen molar-refractivity contribution in [2.75, 3.05) is 5.73 Å². The van der Waals surface area contributed by atoms with Gasteiger partial charge in [-0.05, 0) is 37.5 Å². The monoisotopic (exact) mass is 268 g/mol. The SMILES string of the molecule is CCC(C)CC(C)NC(=O)c1ccc(N)c(Cl)c1. The van der Waals surface area contributed by atoms with Crippen LogP contribution < -0.4 is 11.1 Å². The Bertz CT molecular complexity index is 420. The van der Waals surface area contributed by atoms with E-state index >= 15 is 0 Å². The van der Waals surface area contributed by atoms with Gasteiger partial charge in [-0.1, -0.05) is 31.9 Å². The second kappa shape index (κ2) is 6.64. The van der Waals surface area contributed by atoms with Gasteiger partial charge in [-0.2, -0.15) is 0 Å². The van der Waals surface area contributed by atoms with Crippen LogP contribution in [0, 0.1) is 5.92 Å². The van der Waals surface area contributed by atoms with E-state index in [1.165, 1.54) is 0 Å². The van der Waals surface area contributed by atoms with Crippen molar-refractivity contribution in [3.63, 3.8) is 0 Å². The third-order valence-corrected chi connectivity index (χ3v) is 3.42. The first-order valence-electron chi connectivity index (χ1n) is 6.30. The molecule has 0 aliphatic carbocycles. The van der Waals surface area contributed by atoms with Crippen LogP contribution in [-0.4, -0.2) is 11.9 Å². The molecule has 4 heteroatoms. The molecule has 0 aromatic heterocycles. The molecule has 0 radical (unpaired) electrons. The summed E-state index contributed by atoms with van der Waals surface area (Å²) >= 11 is 5.90. The Morgan fingerprint density at radius 3 is 2.67 bits per heavy atom. The second-order valence-corrected chi connectivity index (χ2v) is 5.27. The highest BCUT2D eigenvalue weighted by Crippen LogP contribution is 2.19. The number of carbonyl (C=O) groups is 1. The minimum atomic E-state index is -0.104. The van der Waals surface area contributed by atoms with Crippen molar-refractivity contribution < 1.29 is 4.79 Å². The van der Waals surface area contributed by atoms with Crippen LogP contribution in [0.3, 0.4) is 0 Å². The van der Waals surface area contributed by atoms with E-state index in [-0.39, 0.29) is 11.9 Å². The third-order valence-electron chi connectivity index (χ3n) is 3.09. The van der Waals surface area contributed by atoms with Gasteiger partial charge in [0.2, 0.25) is 0 Å². The largest absolute Gasteiger partial charge is 0.398 e. The summed E-state index contributed by atoms with van der Waals surface area (Å²) < 4.78 is 0. The smallest absolute Gasteiger partial charge is 0.251 e. The van der Waals surface area contributed by atoms with E-state index in [1.54, 1.807) is 18.2 Å². The van der Waals surface area contributed by atoms with E-state index in [1.807, 2.05) is 6.92 Å². The molecule has 0 bridgehead atoms. The first-order valence-corrected chi connectivity index (χ1v) is 6.67. The second-order valence-electron chi connectivity index (χ2n) is 4.86. The summed E-state index contributed by atoms with van der Waals surface area (Å²) in [6.07, 6.45) is 2.10. The summed E-state index contributed by atoms with van der Waals surface area (Å²) in [4.78, 5) is 12.0. The fourth-order valence-electron chi connectivity index (χ4n) is 1.80. The summed E-state index contributed by atoms with van der Waals surface area (Å²) in [5.74, 6) is 0.503. The number of nitrogens with one attached hydrogen (secondary N) is 1. The van der Waals surface area contributed by atoms with Crippen molar-refractivity contribution in [1.82, 2.24) is 5.32 Å². The molecule has 1 amide bonds. The predicted octanol–water partition coefficient (Wildman–Crippen LogP) is 3.48. The van der Waals surface area contributed by atoms with Crippen LogP contribution in [0.2, 0.25) is 5.02 Å². The Hall–Kier alpha value is -1.22. The predicted molar refractivity (Wildman–Crippen MR) is 76.9 cm³/mol. The summed E-state index contributed by atoms with van der Waals surface area (Å²) in [6, 6.07) is 5.09. The summed E-state index contributed by atoms with van der Waals surface area (Å²) in [7, 11) is 0. The molecule has 0 saturated heterocycles. The third kappa shape index (κ3) is 4.22. The minimum Gasteiger partial charge on any atom is -0.398 e. The fourth-order valence-corrected chi connectivity index (χ4v) is 1.99. The molecule has 2 unspecified atom stereocenters. The van der Waals surface area contributed by atoms with Gasteiger partial charge in [0.15, 0.2) is 0 Å². The standard InChI is InChI=1S/C14H21ClN2O/c1-4-9(2)7-10(3)17-14(18)11-5-6-13(16)12(15)8-11/h5-6,8-10H,4,7,16H2,1-3H3,(H,17,18). The van der Waals surface area contributed by atoms with Crippen LogP contribution in [0.15, 0.2) is 18.2 Å². The lowest BCUT2D eigenvalue weighted by Gasteiger charge is -2.17. The van der Waals surface area contributed by atoms with E-state index < -0.39 is 0 Å². The van der Waals surface area contributed by atoms with Gasteiger partial charge in [-0.3, -0.25) is 4.79 Å². The average molecular weight is 269 g/mol. The van der Waals surface area contributed by atoms with Gasteiger partial charge < -0.3 is 11.1 Å². The summed E-state index contributed by atoms with van der Waals surface area (Å²) in [5.41, 5.74) is 6.64. The molecule has 0 aliphatic heterocycles. The molecule has 3 N–H and O–H groups in total. The van der Waals surface area contributed by atoms with E-state index in [0.29, 0.717) is 22.2 Å². The number of hydrogen-bond acceptors (Lipinski definition) is 2. The molecule has 0 saturated carbocycles. The Morgan fingerprint density at radius 2 is 2.11 bits per heavy atom. The molecule has 0 aliphatic rings. The van der Waals surface area contributed by atoms with Gasteiger partial charge >= 0.3 is 0 Å². The van der Waals surface area contributed by atoms with Crippen LogP contribution in [0.25, 0.3) is 0 Å². The maximum atomic E-state index is 12.0. The summed E-state index contributed by atoms with van der Waals surface area (Å²) in [5, 5.41) is 3.38. The van der Waals surface area contributed by atoms with Crippen LogP contribution in [0.4, 0.5) is 5.69 Å². The Morgan fingerprint density at radius 1 is 1.44 bits per heavy atom. The minimum absolute atomic E-state index is 0.104. The first-order chi connectivity index (χ1) is 8.43. The van der Waals surface area contributed by atoms with Crippen molar-refractivity contribution in [2.45, 2.75) is 39.7 Å². The lowest BCUT2D eigenvalue weighted by atomic mass is 10.00.